The maximum Gasteiger partial charge on any atom is 0.417 e. The fraction of sp³-hybridized carbons (Fsp3) is 0.100. The molecule has 0 radical (unpaired) electrons. The number of rotatable bonds is 0. The summed E-state index contributed by atoms with van der Waals surface area (Å²) in [6.45, 7) is 0. The Kier molecular flexibility index (Phi) is 3.01. The summed E-state index contributed by atoms with van der Waals surface area (Å²) in [6, 6.07) is 16.6. The van der Waals surface area contributed by atoms with E-state index >= 15 is 0 Å². The average molecular weight is 355 g/mol. The van der Waals surface area contributed by atoms with Gasteiger partial charge in [-0.1, -0.05) is 42.5 Å². The number of halogens is 3. The van der Waals surface area contributed by atoms with Gasteiger partial charge in [0, 0.05) is 27.1 Å². The number of aromatic amines is 1. The molecule has 0 amide bonds. The first-order valence-electron chi connectivity index (χ1n) is 7.90. The zero-order chi connectivity index (χ0) is 17.2. The van der Waals surface area contributed by atoms with Crippen LogP contribution >= 0.6 is 11.8 Å². The third-order valence-corrected chi connectivity index (χ3v) is 5.90. The van der Waals surface area contributed by atoms with E-state index in [0.29, 0.717) is 16.2 Å². The lowest BCUT2D eigenvalue weighted by Gasteiger charge is -2.20. The van der Waals surface area contributed by atoms with Crippen LogP contribution in [0.5, 0.6) is 0 Å². The van der Waals surface area contributed by atoms with Gasteiger partial charge in [0.1, 0.15) is 0 Å². The molecule has 0 bridgehead atoms. The molecule has 1 aromatic heterocycles. The van der Waals surface area contributed by atoms with Crippen molar-refractivity contribution in [3.05, 3.63) is 65.7 Å². The number of aromatic nitrogens is 1. The minimum absolute atomic E-state index is 0.318. The number of alkyl halides is 3. The Hall–Kier alpha value is -2.40. The lowest BCUT2D eigenvalue weighted by Crippen LogP contribution is -2.09. The molecule has 124 valence electrons. The second kappa shape index (κ2) is 5.05. The molecule has 0 fully saturated rings. The molecule has 0 aliphatic carbocycles. The zero-order valence-corrected chi connectivity index (χ0v) is 13.8. The smallest absolute Gasteiger partial charge is 0.354 e. The highest BCUT2D eigenvalue weighted by Gasteiger charge is 2.36. The van der Waals surface area contributed by atoms with Gasteiger partial charge in [-0.2, -0.15) is 13.2 Å². The number of hydrogen-bond donors (Lipinski definition) is 1. The van der Waals surface area contributed by atoms with Gasteiger partial charge < -0.3 is 4.98 Å². The highest BCUT2D eigenvalue weighted by atomic mass is 32.2. The fourth-order valence-corrected chi connectivity index (χ4v) is 4.91. The van der Waals surface area contributed by atoms with Crippen molar-refractivity contribution in [3.63, 3.8) is 0 Å². The molecule has 5 rings (SSSR count). The average Bonchev–Trinajstić information content (AvgIpc) is 3.00. The van der Waals surface area contributed by atoms with Crippen LogP contribution in [0.2, 0.25) is 0 Å². The third-order valence-electron chi connectivity index (χ3n) is 4.74. The van der Waals surface area contributed by atoms with Crippen LogP contribution in [0.4, 0.5) is 13.2 Å². The van der Waals surface area contributed by atoms with Gasteiger partial charge in [-0.05, 0) is 28.5 Å². The van der Waals surface area contributed by atoms with Gasteiger partial charge >= 0.3 is 6.18 Å². The van der Waals surface area contributed by atoms with Crippen molar-refractivity contribution < 1.29 is 13.2 Å². The van der Waals surface area contributed by atoms with Gasteiger partial charge in [-0.15, -0.1) is 11.8 Å². The lowest BCUT2D eigenvalue weighted by atomic mass is 10.00. The van der Waals surface area contributed by atoms with E-state index in [1.54, 1.807) is 6.07 Å². The quantitative estimate of drug-likeness (QED) is 0.375. The predicted molar refractivity (Wildman–Crippen MR) is 95.8 cm³/mol. The van der Waals surface area contributed by atoms with E-state index in [1.807, 2.05) is 24.3 Å². The minimum atomic E-state index is -4.34. The molecular weight excluding hydrogens is 343 g/mol. The zero-order valence-electron chi connectivity index (χ0n) is 12.9. The Morgan fingerprint density at radius 1 is 0.920 bits per heavy atom. The second-order valence-corrected chi connectivity index (χ2v) is 7.14. The summed E-state index contributed by atoms with van der Waals surface area (Å²) in [5.41, 5.74) is 2.95. The Balaban J connectivity index is 1.85. The molecule has 5 heteroatoms. The monoisotopic (exact) mass is 355 g/mol. The van der Waals surface area contributed by atoms with Crippen LogP contribution in [0.1, 0.15) is 11.1 Å². The Labute approximate surface area is 145 Å². The largest absolute Gasteiger partial charge is 0.417 e. The van der Waals surface area contributed by atoms with Gasteiger partial charge in [0.2, 0.25) is 0 Å². The number of nitrogens with one attached hydrogen (secondary N) is 1. The Morgan fingerprint density at radius 2 is 1.76 bits per heavy atom. The van der Waals surface area contributed by atoms with E-state index < -0.39 is 11.7 Å². The molecule has 1 N–H and O–H groups in total. The van der Waals surface area contributed by atoms with Crippen LogP contribution in [0, 0.1) is 0 Å². The number of thioether (sulfide) groups is 1. The van der Waals surface area contributed by atoms with Crippen LogP contribution in [-0.4, -0.2) is 4.98 Å². The summed E-state index contributed by atoms with van der Waals surface area (Å²) >= 11 is 1.27. The lowest BCUT2D eigenvalue weighted by molar-refractivity contribution is -0.139. The van der Waals surface area contributed by atoms with E-state index in [2.05, 4.69) is 17.1 Å². The van der Waals surface area contributed by atoms with Crippen LogP contribution in [-0.2, 0) is 11.9 Å². The van der Waals surface area contributed by atoms with Gasteiger partial charge in [-0.3, -0.25) is 0 Å². The van der Waals surface area contributed by atoms with Gasteiger partial charge in [0.15, 0.2) is 0 Å². The molecule has 0 saturated heterocycles. The van der Waals surface area contributed by atoms with Gasteiger partial charge in [-0.25, -0.2) is 0 Å². The van der Waals surface area contributed by atoms with E-state index in [0.717, 1.165) is 39.0 Å². The van der Waals surface area contributed by atoms with Crippen molar-refractivity contribution >= 4 is 33.4 Å². The molecule has 4 aromatic rings. The number of fused-ring (bicyclic) bond motifs is 7. The summed E-state index contributed by atoms with van der Waals surface area (Å²) in [4.78, 5) is 3.68. The van der Waals surface area contributed by atoms with Crippen molar-refractivity contribution in [3.8, 4) is 11.3 Å². The van der Waals surface area contributed by atoms with Crippen molar-refractivity contribution in [2.75, 3.05) is 0 Å². The van der Waals surface area contributed by atoms with E-state index in [4.69, 9.17) is 0 Å². The third kappa shape index (κ3) is 2.12. The summed E-state index contributed by atoms with van der Waals surface area (Å²) in [6.07, 6.45) is -4.34. The number of H-pyrrole nitrogens is 1. The highest BCUT2D eigenvalue weighted by molar-refractivity contribution is 7.98. The maximum absolute atomic E-state index is 13.3. The molecule has 0 atom stereocenters. The van der Waals surface area contributed by atoms with Crippen molar-refractivity contribution in [2.45, 2.75) is 16.8 Å². The van der Waals surface area contributed by atoms with E-state index in [1.165, 1.54) is 17.8 Å². The summed E-state index contributed by atoms with van der Waals surface area (Å²) < 4.78 is 40.0. The van der Waals surface area contributed by atoms with Crippen LogP contribution < -0.4 is 0 Å². The highest BCUT2D eigenvalue weighted by Crippen LogP contribution is 2.49. The number of hydrogen-bond acceptors (Lipinski definition) is 1. The van der Waals surface area contributed by atoms with E-state index in [-0.39, 0.29) is 0 Å². The molecule has 0 saturated carbocycles. The Morgan fingerprint density at radius 3 is 2.60 bits per heavy atom. The summed E-state index contributed by atoms with van der Waals surface area (Å²) in [5.74, 6) is 0.531. The Bertz CT molecular complexity index is 1140. The molecule has 25 heavy (non-hydrogen) atoms. The van der Waals surface area contributed by atoms with Crippen molar-refractivity contribution in [2.24, 2.45) is 0 Å². The first-order valence-corrected chi connectivity index (χ1v) is 8.88. The summed E-state index contributed by atoms with van der Waals surface area (Å²) in [7, 11) is 0. The normalized spacial score (nSPS) is 13.9. The number of benzene rings is 3. The molecular formula is C20H12F3NS. The molecule has 2 heterocycles. The first kappa shape index (κ1) is 14.9. The molecule has 0 spiro atoms. The van der Waals surface area contributed by atoms with Crippen LogP contribution in [0.3, 0.4) is 0 Å². The van der Waals surface area contributed by atoms with Crippen LogP contribution in [0.15, 0.2) is 59.5 Å². The topological polar surface area (TPSA) is 15.8 Å². The standard InChI is InChI=1S/C20H12F3NS/c21-20(22,23)15-7-3-6-13-18-14(10-25-19(13)15)17-12-5-2-1-4-11(12)8-9-16(17)24-18/h1-9,24H,10H2. The van der Waals surface area contributed by atoms with Gasteiger partial charge in [0.25, 0.3) is 0 Å². The van der Waals surface area contributed by atoms with E-state index in [9.17, 15) is 13.2 Å². The van der Waals surface area contributed by atoms with Crippen molar-refractivity contribution in [1.29, 1.82) is 0 Å². The molecule has 0 unspecified atom stereocenters. The molecule has 1 aliphatic heterocycles. The molecule has 1 nitrogen and oxygen atoms in total. The SMILES string of the molecule is FC(F)(F)c1cccc2c1SCc1c-2[nH]c2ccc3ccccc3c12. The summed E-state index contributed by atoms with van der Waals surface area (Å²) in [5, 5.41) is 3.38. The van der Waals surface area contributed by atoms with Crippen LogP contribution in [0.25, 0.3) is 32.9 Å². The van der Waals surface area contributed by atoms with Gasteiger partial charge in [0.05, 0.1) is 11.3 Å². The predicted octanol–water partition coefficient (Wildman–Crippen LogP) is 6.61. The fourth-order valence-electron chi connectivity index (χ4n) is 3.67. The molecule has 1 aliphatic rings. The maximum atomic E-state index is 13.3. The second-order valence-electron chi connectivity index (χ2n) is 6.16. The minimum Gasteiger partial charge on any atom is -0.354 e. The first-order chi connectivity index (χ1) is 12.0. The van der Waals surface area contributed by atoms with Crippen molar-refractivity contribution in [1.82, 2.24) is 4.98 Å². The molecule has 3 aromatic carbocycles.